The fourth-order valence-corrected chi connectivity index (χ4v) is 4.41. The lowest BCUT2D eigenvalue weighted by Gasteiger charge is -2.22. The lowest BCUT2D eigenvalue weighted by molar-refractivity contribution is 0.638. The van der Waals surface area contributed by atoms with E-state index in [1.165, 1.54) is 49.8 Å². The quantitative estimate of drug-likeness (QED) is 0.472. The van der Waals surface area contributed by atoms with E-state index < -0.39 is 0 Å². The standard InChI is InChI=1S/C31H34/c1-9-13-21(3)17-18-27(25-16-12-11-15-22(25)4)28-20-30-29(19-23(28)5)26(14-10-2)24(6)31(30,7)8/h9-20H,1,5H2,2-4,6-8H3/b14-10-,18-17-,21-13-,28-27-. The molecule has 0 saturated carbocycles. The average Bonchev–Trinajstić information content (AvgIpc) is 2.90. The van der Waals surface area contributed by atoms with E-state index in [9.17, 15) is 0 Å². The molecule has 0 radical (unpaired) electrons. The van der Waals surface area contributed by atoms with Gasteiger partial charge in [-0.15, -0.1) is 0 Å². The molecule has 0 fully saturated rings. The molecule has 0 atom stereocenters. The molecule has 31 heavy (non-hydrogen) atoms. The summed E-state index contributed by atoms with van der Waals surface area (Å²) in [6.45, 7) is 21.5. The third-order valence-electron chi connectivity index (χ3n) is 6.50. The molecule has 0 heteroatoms. The molecule has 0 saturated heterocycles. The van der Waals surface area contributed by atoms with E-state index >= 15 is 0 Å². The van der Waals surface area contributed by atoms with E-state index in [1.807, 2.05) is 12.2 Å². The molecular formula is C31H34. The average molecular weight is 407 g/mol. The summed E-state index contributed by atoms with van der Waals surface area (Å²) in [5.41, 5.74) is 10.3. The second-order valence-corrected chi connectivity index (χ2v) is 8.93. The Balaban J connectivity index is 2.40. The van der Waals surface area contributed by atoms with Crippen LogP contribution in [-0.2, 0) is 5.41 Å². The van der Waals surface area contributed by atoms with Crippen LogP contribution in [0.15, 0.2) is 90.6 Å². The van der Waals surface area contributed by atoms with Gasteiger partial charge in [-0.05, 0) is 83.7 Å². The molecule has 0 aromatic heterocycles. The highest BCUT2D eigenvalue weighted by atomic mass is 14.4. The van der Waals surface area contributed by atoms with Crippen LogP contribution in [0.4, 0.5) is 0 Å². The van der Waals surface area contributed by atoms with Crippen LogP contribution in [-0.4, -0.2) is 0 Å². The Labute approximate surface area is 188 Å². The van der Waals surface area contributed by atoms with Crippen molar-refractivity contribution in [2.24, 2.45) is 0 Å². The molecule has 158 valence electrons. The molecule has 0 nitrogen and oxygen atoms in total. The van der Waals surface area contributed by atoms with Crippen LogP contribution in [0, 0.1) is 6.92 Å². The van der Waals surface area contributed by atoms with Crippen LogP contribution in [0.3, 0.4) is 0 Å². The molecule has 2 aromatic rings. The van der Waals surface area contributed by atoms with E-state index in [-0.39, 0.29) is 5.41 Å². The lowest BCUT2D eigenvalue weighted by atomic mass is 9.81. The number of hydrogen-bond acceptors (Lipinski definition) is 0. The Bertz CT molecular complexity index is 1250. The van der Waals surface area contributed by atoms with Crippen molar-refractivity contribution >= 4 is 17.7 Å². The molecule has 0 amide bonds. The van der Waals surface area contributed by atoms with Gasteiger partial charge < -0.3 is 0 Å². The first-order valence-electron chi connectivity index (χ1n) is 11.0. The van der Waals surface area contributed by atoms with Crippen molar-refractivity contribution in [2.75, 3.05) is 0 Å². The molecule has 1 aliphatic carbocycles. The molecule has 0 bridgehead atoms. The van der Waals surface area contributed by atoms with Gasteiger partial charge in [-0.3, -0.25) is 0 Å². The molecule has 1 aliphatic rings. The Kier molecular flexibility index (Phi) is 6.51. The summed E-state index contributed by atoms with van der Waals surface area (Å²) in [5.74, 6) is 0. The van der Waals surface area contributed by atoms with Gasteiger partial charge >= 0.3 is 0 Å². The predicted octanol–water partition coefficient (Wildman–Crippen LogP) is 6.93. The van der Waals surface area contributed by atoms with E-state index in [1.54, 1.807) is 0 Å². The maximum Gasteiger partial charge on any atom is 0.0118 e. The van der Waals surface area contributed by atoms with Crippen LogP contribution >= 0.6 is 0 Å². The minimum Gasteiger partial charge on any atom is -0.0991 e. The maximum absolute atomic E-state index is 4.47. The molecule has 0 unspecified atom stereocenters. The van der Waals surface area contributed by atoms with Gasteiger partial charge in [-0.2, -0.15) is 0 Å². The summed E-state index contributed by atoms with van der Waals surface area (Å²) in [5, 5.41) is 2.25. The molecule has 0 aliphatic heterocycles. The van der Waals surface area contributed by atoms with Gasteiger partial charge in [0.15, 0.2) is 0 Å². The fourth-order valence-electron chi connectivity index (χ4n) is 4.41. The summed E-state index contributed by atoms with van der Waals surface area (Å²) < 4.78 is 0. The number of fused-ring (bicyclic) bond motifs is 1. The normalized spacial score (nSPS) is 16.9. The van der Waals surface area contributed by atoms with Crippen molar-refractivity contribution in [3.63, 3.8) is 0 Å². The van der Waals surface area contributed by atoms with E-state index in [2.05, 4.69) is 115 Å². The maximum atomic E-state index is 4.47. The van der Waals surface area contributed by atoms with Gasteiger partial charge in [0.1, 0.15) is 0 Å². The smallest absolute Gasteiger partial charge is 0.0118 e. The zero-order chi connectivity index (χ0) is 22.8. The molecule has 0 heterocycles. The van der Waals surface area contributed by atoms with Crippen molar-refractivity contribution in [1.29, 1.82) is 0 Å². The van der Waals surface area contributed by atoms with Gasteiger partial charge in [-0.1, -0.05) is 98.9 Å². The largest absolute Gasteiger partial charge is 0.0991 e. The van der Waals surface area contributed by atoms with Gasteiger partial charge in [0.25, 0.3) is 0 Å². The van der Waals surface area contributed by atoms with E-state index in [0.29, 0.717) is 0 Å². The van der Waals surface area contributed by atoms with Crippen LogP contribution in [0.1, 0.15) is 56.9 Å². The number of allylic oxidation sites excluding steroid dienone is 9. The second-order valence-electron chi connectivity index (χ2n) is 8.93. The summed E-state index contributed by atoms with van der Waals surface area (Å²) >= 11 is 0. The van der Waals surface area contributed by atoms with E-state index in [4.69, 9.17) is 0 Å². The summed E-state index contributed by atoms with van der Waals surface area (Å²) in [7, 11) is 0. The van der Waals surface area contributed by atoms with Crippen molar-refractivity contribution < 1.29 is 0 Å². The zero-order valence-electron chi connectivity index (χ0n) is 19.8. The van der Waals surface area contributed by atoms with Crippen LogP contribution in [0.2, 0.25) is 0 Å². The van der Waals surface area contributed by atoms with Gasteiger partial charge in [0, 0.05) is 5.41 Å². The van der Waals surface area contributed by atoms with Gasteiger partial charge in [0.05, 0.1) is 0 Å². The van der Waals surface area contributed by atoms with E-state index in [0.717, 1.165) is 5.22 Å². The highest BCUT2D eigenvalue weighted by molar-refractivity contribution is 5.86. The number of benzene rings is 2. The monoisotopic (exact) mass is 406 g/mol. The summed E-state index contributed by atoms with van der Waals surface area (Å²) in [6.07, 6.45) is 12.6. The van der Waals surface area contributed by atoms with Crippen LogP contribution in [0.25, 0.3) is 17.7 Å². The Hall–Kier alpha value is -3.12. The molecule has 0 spiro atoms. The SMILES string of the molecule is C=C\C=C(C)/C=C\C(c1ccccc1C)=c1/cc2c(cc1=C)C(/C=C\C)=C(C)C2(C)C. The first-order chi connectivity index (χ1) is 14.7. The minimum atomic E-state index is -0.00809. The van der Waals surface area contributed by atoms with Gasteiger partial charge in [0.2, 0.25) is 0 Å². The molecule has 2 aromatic carbocycles. The first kappa shape index (κ1) is 22.6. The Morgan fingerprint density at radius 3 is 2.39 bits per heavy atom. The van der Waals surface area contributed by atoms with Crippen LogP contribution < -0.4 is 10.4 Å². The zero-order valence-corrected chi connectivity index (χ0v) is 19.8. The van der Waals surface area contributed by atoms with Crippen molar-refractivity contribution in [3.05, 3.63) is 123 Å². The number of hydrogen-bond donors (Lipinski definition) is 0. The molecular weight excluding hydrogens is 372 g/mol. The number of aryl methyl sites for hydroxylation is 1. The van der Waals surface area contributed by atoms with Crippen molar-refractivity contribution in [2.45, 2.75) is 47.0 Å². The van der Waals surface area contributed by atoms with Crippen molar-refractivity contribution in [3.8, 4) is 0 Å². The van der Waals surface area contributed by atoms with Crippen molar-refractivity contribution in [1.82, 2.24) is 0 Å². The highest BCUT2D eigenvalue weighted by Gasteiger charge is 2.34. The number of rotatable bonds is 5. The fraction of sp³-hybridized carbons (Fsp3) is 0.226. The highest BCUT2D eigenvalue weighted by Crippen LogP contribution is 2.45. The third kappa shape index (κ3) is 4.21. The topological polar surface area (TPSA) is 0 Å². The second kappa shape index (κ2) is 8.94. The predicted molar refractivity (Wildman–Crippen MR) is 138 cm³/mol. The molecule has 0 N–H and O–H groups in total. The molecule has 3 rings (SSSR count). The minimum absolute atomic E-state index is 0.00809. The lowest BCUT2D eigenvalue weighted by Crippen LogP contribution is -2.29. The van der Waals surface area contributed by atoms with Gasteiger partial charge in [-0.25, -0.2) is 0 Å². The Morgan fingerprint density at radius 1 is 1.03 bits per heavy atom. The third-order valence-corrected chi connectivity index (χ3v) is 6.50. The Morgan fingerprint density at radius 2 is 1.74 bits per heavy atom. The van der Waals surface area contributed by atoms with Crippen LogP contribution in [0.5, 0.6) is 0 Å². The first-order valence-corrected chi connectivity index (χ1v) is 11.0. The summed E-state index contributed by atoms with van der Waals surface area (Å²) in [6, 6.07) is 13.2. The summed E-state index contributed by atoms with van der Waals surface area (Å²) in [4.78, 5) is 0.